The Hall–Kier alpha value is -2.58. The Morgan fingerprint density at radius 2 is 1.75 bits per heavy atom. The molecule has 7 nitrogen and oxygen atoms in total. The summed E-state index contributed by atoms with van der Waals surface area (Å²) in [5.74, 6) is -0.198. The van der Waals surface area contributed by atoms with E-state index in [0.29, 0.717) is 24.5 Å². The first kappa shape index (κ1) is 18.8. The lowest BCUT2D eigenvalue weighted by Gasteiger charge is -2.30. The maximum Gasteiger partial charge on any atom is 0.328 e. The number of hydrogen-bond donors (Lipinski definition) is 1. The van der Waals surface area contributed by atoms with Crippen molar-refractivity contribution in [3.8, 4) is 0 Å². The molecule has 0 unspecified atom stereocenters. The van der Waals surface area contributed by atoms with Gasteiger partial charge < -0.3 is 15.0 Å². The first-order chi connectivity index (χ1) is 13.5. The van der Waals surface area contributed by atoms with E-state index < -0.39 is 0 Å². The minimum atomic E-state index is -0.198. The molecule has 1 N–H and O–H groups in total. The van der Waals surface area contributed by atoms with E-state index in [-0.39, 0.29) is 11.6 Å². The zero-order valence-electron chi connectivity index (χ0n) is 15.7. The van der Waals surface area contributed by atoms with Crippen LogP contribution in [-0.2, 0) is 18.8 Å². The van der Waals surface area contributed by atoms with Crippen LogP contribution >= 0.6 is 15.9 Å². The van der Waals surface area contributed by atoms with Crippen molar-refractivity contribution in [1.29, 1.82) is 0 Å². The Kier molecular flexibility index (Phi) is 4.99. The minimum Gasteiger partial charge on any atom is -0.378 e. The number of nitrogens with zero attached hydrogens (tertiary/aromatic N) is 3. The number of aromatic nitrogens is 2. The van der Waals surface area contributed by atoms with Crippen molar-refractivity contribution in [2.75, 3.05) is 36.5 Å². The molecule has 1 aromatic heterocycles. The van der Waals surface area contributed by atoms with E-state index in [9.17, 15) is 9.59 Å². The molecule has 28 heavy (non-hydrogen) atoms. The van der Waals surface area contributed by atoms with Crippen LogP contribution in [0.3, 0.4) is 0 Å². The normalized spacial score (nSPS) is 14.5. The number of halogens is 1. The molecule has 1 aliphatic rings. The molecule has 4 rings (SSSR count). The van der Waals surface area contributed by atoms with Crippen LogP contribution in [0, 0.1) is 0 Å². The number of hydrogen-bond acceptors (Lipinski definition) is 4. The summed E-state index contributed by atoms with van der Waals surface area (Å²) in [6.45, 7) is 2.72. The second kappa shape index (κ2) is 7.44. The van der Waals surface area contributed by atoms with E-state index in [1.807, 2.05) is 24.3 Å². The molecule has 0 aliphatic carbocycles. The summed E-state index contributed by atoms with van der Waals surface area (Å²) in [5.41, 5.74) is 3.63. The summed E-state index contributed by atoms with van der Waals surface area (Å²) in [5, 5.41) is 3.03. The first-order valence-electron chi connectivity index (χ1n) is 9.05. The average molecular weight is 445 g/mol. The monoisotopic (exact) mass is 444 g/mol. The van der Waals surface area contributed by atoms with Gasteiger partial charge in [0.05, 0.1) is 35.6 Å². The van der Waals surface area contributed by atoms with Crippen molar-refractivity contribution in [3.05, 3.63) is 56.9 Å². The number of anilines is 2. The maximum atomic E-state index is 12.8. The van der Waals surface area contributed by atoms with Gasteiger partial charge in [0.2, 0.25) is 0 Å². The lowest BCUT2D eigenvalue weighted by atomic mass is 10.1. The van der Waals surface area contributed by atoms with Gasteiger partial charge in [-0.3, -0.25) is 13.9 Å². The molecule has 0 radical (unpaired) electrons. The average Bonchev–Trinajstić information content (AvgIpc) is 2.92. The van der Waals surface area contributed by atoms with Crippen molar-refractivity contribution in [2.45, 2.75) is 0 Å². The molecule has 1 fully saturated rings. The van der Waals surface area contributed by atoms with Gasteiger partial charge in [-0.15, -0.1) is 0 Å². The molecule has 0 bridgehead atoms. The van der Waals surface area contributed by atoms with Gasteiger partial charge in [-0.2, -0.15) is 0 Å². The highest BCUT2D eigenvalue weighted by Crippen LogP contribution is 2.32. The topological polar surface area (TPSA) is 68.5 Å². The molecule has 1 saturated heterocycles. The quantitative estimate of drug-likeness (QED) is 0.674. The summed E-state index contributed by atoms with van der Waals surface area (Å²) in [4.78, 5) is 27.4. The molecule has 2 heterocycles. The minimum absolute atomic E-state index is 0.0987. The summed E-state index contributed by atoms with van der Waals surface area (Å²) >= 11 is 3.40. The highest BCUT2D eigenvalue weighted by molar-refractivity contribution is 9.10. The van der Waals surface area contributed by atoms with E-state index in [1.165, 1.54) is 0 Å². The Bertz CT molecular complexity index is 1110. The Balaban J connectivity index is 1.81. The van der Waals surface area contributed by atoms with Crippen LogP contribution in [0.15, 0.2) is 45.7 Å². The van der Waals surface area contributed by atoms with Crippen molar-refractivity contribution in [1.82, 2.24) is 9.13 Å². The number of nitrogens with one attached hydrogen (secondary N) is 1. The van der Waals surface area contributed by atoms with E-state index in [4.69, 9.17) is 4.74 Å². The van der Waals surface area contributed by atoms with Gasteiger partial charge in [-0.05, 0) is 30.3 Å². The predicted octanol–water partition coefficient (Wildman–Crippen LogP) is 2.73. The highest BCUT2D eigenvalue weighted by Gasteiger charge is 2.20. The van der Waals surface area contributed by atoms with Crippen LogP contribution in [0.25, 0.3) is 11.0 Å². The Morgan fingerprint density at radius 3 is 2.43 bits per heavy atom. The van der Waals surface area contributed by atoms with Gasteiger partial charge in [0.15, 0.2) is 0 Å². The summed E-state index contributed by atoms with van der Waals surface area (Å²) in [7, 11) is 3.49. The fourth-order valence-electron chi connectivity index (χ4n) is 3.52. The van der Waals surface area contributed by atoms with E-state index in [0.717, 1.165) is 34.3 Å². The molecule has 146 valence electrons. The molecular formula is C20H21BrN4O3. The number of rotatable bonds is 3. The second-order valence-electron chi connectivity index (χ2n) is 6.82. The van der Waals surface area contributed by atoms with Gasteiger partial charge >= 0.3 is 5.69 Å². The fourth-order valence-corrected chi connectivity index (χ4v) is 3.92. The van der Waals surface area contributed by atoms with E-state index in [2.05, 4.69) is 26.1 Å². The number of fused-ring (bicyclic) bond motifs is 1. The van der Waals surface area contributed by atoms with Crippen molar-refractivity contribution < 1.29 is 9.53 Å². The lowest BCUT2D eigenvalue weighted by molar-refractivity contribution is 0.102. The third-order valence-corrected chi connectivity index (χ3v) is 5.57. The number of carbonyl (C=O) groups excluding carboxylic acids is 1. The maximum absolute atomic E-state index is 12.8. The highest BCUT2D eigenvalue weighted by atomic mass is 79.9. The molecule has 2 aromatic carbocycles. The SMILES string of the molecule is Cn1c(=O)n(C)c2cc(N3CCOCC3)c(NC(=O)c3cccc(Br)c3)cc21. The number of ether oxygens (including phenoxy) is 1. The van der Waals surface area contributed by atoms with Gasteiger partial charge in [-0.1, -0.05) is 22.0 Å². The molecule has 0 saturated carbocycles. The van der Waals surface area contributed by atoms with Crippen molar-refractivity contribution >= 4 is 44.2 Å². The second-order valence-corrected chi connectivity index (χ2v) is 7.74. The van der Waals surface area contributed by atoms with Gasteiger partial charge in [0.25, 0.3) is 5.91 Å². The standard InChI is InChI=1S/C20H21BrN4O3/c1-23-17-11-15(22-19(26)13-4-3-5-14(21)10-13)16(25-6-8-28-9-7-25)12-18(17)24(2)20(23)27/h3-5,10-12H,6-9H2,1-2H3,(H,22,26). The molecular weight excluding hydrogens is 424 g/mol. The number of morpholine rings is 1. The van der Waals surface area contributed by atoms with E-state index in [1.54, 1.807) is 35.4 Å². The number of benzene rings is 2. The van der Waals surface area contributed by atoms with E-state index >= 15 is 0 Å². The smallest absolute Gasteiger partial charge is 0.328 e. The Labute approximate surface area is 170 Å². The van der Waals surface area contributed by atoms with Crippen molar-refractivity contribution in [3.63, 3.8) is 0 Å². The summed E-state index contributed by atoms with van der Waals surface area (Å²) < 4.78 is 9.52. The zero-order chi connectivity index (χ0) is 19.8. The predicted molar refractivity (Wildman–Crippen MR) is 113 cm³/mol. The molecule has 0 spiro atoms. The van der Waals surface area contributed by atoms with Crippen LogP contribution in [0.4, 0.5) is 11.4 Å². The number of imidazole rings is 1. The Morgan fingerprint density at radius 1 is 1.07 bits per heavy atom. The summed E-state index contributed by atoms with van der Waals surface area (Å²) in [6.07, 6.45) is 0. The largest absolute Gasteiger partial charge is 0.378 e. The molecule has 8 heteroatoms. The van der Waals surface area contributed by atoms with Crippen molar-refractivity contribution in [2.24, 2.45) is 14.1 Å². The van der Waals surface area contributed by atoms with Crippen LogP contribution in [0.1, 0.15) is 10.4 Å². The van der Waals surface area contributed by atoms with Crippen LogP contribution in [0.2, 0.25) is 0 Å². The third kappa shape index (κ3) is 3.33. The molecule has 1 aliphatic heterocycles. The lowest BCUT2D eigenvalue weighted by Crippen LogP contribution is -2.36. The number of carbonyl (C=O) groups is 1. The van der Waals surface area contributed by atoms with Gasteiger partial charge in [0.1, 0.15) is 0 Å². The van der Waals surface area contributed by atoms with Crippen LogP contribution in [0.5, 0.6) is 0 Å². The molecule has 1 amide bonds. The third-order valence-electron chi connectivity index (χ3n) is 5.08. The molecule has 0 atom stereocenters. The van der Waals surface area contributed by atoms with Gasteiger partial charge in [-0.25, -0.2) is 4.79 Å². The fraction of sp³-hybridized carbons (Fsp3) is 0.300. The van der Waals surface area contributed by atoms with Crippen LogP contribution < -0.4 is 15.9 Å². The first-order valence-corrected chi connectivity index (χ1v) is 9.84. The number of aryl methyl sites for hydroxylation is 2. The number of amides is 1. The zero-order valence-corrected chi connectivity index (χ0v) is 17.3. The summed E-state index contributed by atoms with van der Waals surface area (Å²) in [6, 6.07) is 11.1. The van der Waals surface area contributed by atoms with Gasteiger partial charge in [0, 0.05) is 37.2 Å². The van der Waals surface area contributed by atoms with Crippen LogP contribution in [-0.4, -0.2) is 41.3 Å². The molecule has 3 aromatic rings.